The fraction of sp³-hybridized carbons (Fsp3) is 0.214. The lowest BCUT2D eigenvalue weighted by atomic mass is 10.2. The molecule has 1 N–H and O–H groups in total. The molecule has 0 aromatic heterocycles. The quantitative estimate of drug-likeness (QED) is 0.811. The molecular weight excluding hydrogens is 356 g/mol. The number of anilines is 1. The van der Waals surface area contributed by atoms with Gasteiger partial charge in [0.05, 0.1) is 0 Å². The summed E-state index contributed by atoms with van der Waals surface area (Å²) in [6.07, 6.45) is 1.46. The Balaban J connectivity index is 1.94. The van der Waals surface area contributed by atoms with E-state index >= 15 is 0 Å². The Morgan fingerprint density at radius 3 is 2.67 bits per heavy atom. The molecule has 0 spiro atoms. The van der Waals surface area contributed by atoms with Gasteiger partial charge < -0.3 is 5.32 Å². The second kappa shape index (κ2) is 6.91. The molecule has 3 amide bonds. The average Bonchev–Trinajstić information content (AvgIpc) is 2.69. The van der Waals surface area contributed by atoms with Crippen LogP contribution in [0.15, 0.2) is 41.4 Å². The van der Waals surface area contributed by atoms with Crippen molar-refractivity contribution in [1.82, 2.24) is 4.90 Å². The highest BCUT2D eigenvalue weighted by molar-refractivity contribution is 9.10. The van der Waals surface area contributed by atoms with E-state index in [2.05, 4.69) is 27.8 Å². The van der Waals surface area contributed by atoms with Gasteiger partial charge in [-0.15, -0.1) is 6.58 Å². The number of benzene rings is 1. The smallest absolute Gasteiger partial charge is 0.289 e. The topological polar surface area (TPSA) is 66.5 Å². The average molecular weight is 369 g/mol. The van der Waals surface area contributed by atoms with Gasteiger partial charge in [0.1, 0.15) is 5.25 Å². The van der Waals surface area contributed by atoms with E-state index in [-0.39, 0.29) is 30.0 Å². The molecule has 1 saturated heterocycles. The van der Waals surface area contributed by atoms with Crippen LogP contribution in [-0.2, 0) is 9.59 Å². The molecule has 0 bridgehead atoms. The molecule has 7 heteroatoms. The summed E-state index contributed by atoms with van der Waals surface area (Å²) in [4.78, 5) is 36.7. The number of nitrogens with one attached hydrogen (secondary N) is 1. The number of rotatable bonds is 5. The van der Waals surface area contributed by atoms with Crippen LogP contribution in [0.2, 0.25) is 0 Å². The van der Waals surface area contributed by atoms with Crippen LogP contribution in [0.5, 0.6) is 0 Å². The third kappa shape index (κ3) is 3.95. The largest absolute Gasteiger partial charge is 0.326 e. The normalized spacial score (nSPS) is 18.0. The molecule has 5 nitrogen and oxygen atoms in total. The van der Waals surface area contributed by atoms with Gasteiger partial charge in [-0.3, -0.25) is 19.3 Å². The summed E-state index contributed by atoms with van der Waals surface area (Å²) in [5.74, 6) is -0.632. The van der Waals surface area contributed by atoms with E-state index < -0.39 is 5.25 Å². The maximum Gasteiger partial charge on any atom is 0.289 e. The molecule has 1 atom stereocenters. The summed E-state index contributed by atoms with van der Waals surface area (Å²) in [5, 5.41) is 1.71. The summed E-state index contributed by atoms with van der Waals surface area (Å²) in [5.41, 5.74) is 0.646. The third-order valence-electron chi connectivity index (χ3n) is 2.82. The molecular formula is C14H13BrN2O3S. The Bertz CT molecular complexity index is 588. The number of nitrogens with zero attached hydrogens (tertiary/aromatic N) is 1. The van der Waals surface area contributed by atoms with Gasteiger partial charge in [0.2, 0.25) is 11.8 Å². The maximum absolute atomic E-state index is 12.0. The molecule has 1 heterocycles. The molecule has 1 aromatic carbocycles. The van der Waals surface area contributed by atoms with Gasteiger partial charge in [-0.1, -0.05) is 33.8 Å². The van der Waals surface area contributed by atoms with Crippen molar-refractivity contribution in [2.24, 2.45) is 0 Å². The Morgan fingerprint density at radius 2 is 2.05 bits per heavy atom. The number of carbonyl (C=O) groups is 3. The number of halogens is 1. The van der Waals surface area contributed by atoms with Crippen molar-refractivity contribution in [1.29, 1.82) is 0 Å². The Morgan fingerprint density at radius 1 is 1.38 bits per heavy atom. The van der Waals surface area contributed by atoms with Crippen molar-refractivity contribution in [3.63, 3.8) is 0 Å². The number of imide groups is 1. The molecule has 1 fully saturated rings. The summed E-state index contributed by atoms with van der Waals surface area (Å²) < 4.78 is 0.910. The summed E-state index contributed by atoms with van der Waals surface area (Å²) in [6.45, 7) is 3.68. The Hall–Kier alpha value is -1.60. The molecule has 110 valence electrons. The highest BCUT2D eigenvalue weighted by Crippen LogP contribution is 2.29. The monoisotopic (exact) mass is 368 g/mol. The van der Waals surface area contributed by atoms with Crippen molar-refractivity contribution in [2.75, 3.05) is 11.9 Å². The first kappa shape index (κ1) is 15.8. The van der Waals surface area contributed by atoms with Crippen LogP contribution in [0.1, 0.15) is 6.42 Å². The van der Waals surface area contributed by atoms with Gasteiger partial charge in [0.25, 0.3) is 5.24 Å². The highest BCUT2D eigenvalue weighted by Gasteiger charge is 2.39. The fourth-order valence-corrected chi connectivity index (χ4v) is 3.10. The van der Waals surface area contributed by atoms with E-state index in [9.17, 15) is 14.4 Å². The minimum Gasteiger partial charge on any atom is -0.326 e. The number of hydrogen-bond donors (Lipinski definition) is 1. The van der Waals surface area contributed by atoms with E-state index in [4.69, 9.17) is 0 Å². The zero-order valence-electron chi connectivity index (χ0n) is 11.0. The van der Waals surface area contributed by atoms with Crippen molar-refractivity contribution in [3.8, 4) is 0 Å². The van der Waals surface area contributed by atoms with Crippen molar-refractivity contribution < 1.29 is 14.4 Å². The molecule has 1 aliphatic rings. The van der Waals surface area contributed by atoms with E-state index in [1.54, 1.807) is 24.3 Å². The first-order chi connectivity index (χ1) is 10.0. The molecule has 1 aromatic rings. The molecule has 2 rings (SSSR count). The van der Waals surface area contributed by atoms with Crippen molar-refractivity contribution in [2.45, 2.75) is 11.7 Å². The lowest BCUT2D eigenvalue weighted by Crippen LogP contribution is -2.33. The SMILES string of the molecule is C=CCN1C(=O)S[C@@H](CC(=O)Nc2ccc(Br)cc2)C1=O. The van der Waals surface area contributed by atoms with Gasteiger partial charge in [0.15, 0.2) is 0 Å². The van der Waals surface area contributed by atoms with Crippen molar-refractivity contribution >= 4 is 50.4 Å². The molecule has 0 radical (unpaired) electrons. The van der Waals surface area contributed by atoms with Crippen LogP contribution in [0.3, 0.4) is 0 Å². The Kier molecular flexibility index (Phi) is 5.19. The van der Waals surface area contributed by atoms with E-state index in [1.807, 2.05) is 0 Å². The zero-order valence-corrected chi connectivity index (χ0v) is 13.4. The fourth-order valence-electron chi connectivity index (χ4n) is 1.84. The van der Waals surface area contributed by atoms with Crippen LogP contribution < -0.4 is 5.32 Å². The van der Waals surface area contributed by atoms with Crippen LogP contribution in [0.4, 0.5) is 10.5 Å². The minimum atomic E-state index is -0.659. The van der Waals surface area contributed by atoms with Crippen LogP contribution in [0.25, 0.3) is 0 Å². The van der Waals surface area contributed by atoms with Crippen LogP contribution >= 0.6 is 27.7 Å². The molecule has 0 saturated carbocycles. The number of hydrogen-bond acceptors (Lipinski definition) is 4. The predicted molar refractivity (Wildman–Crippen MR) is 86.1 cm³/mol. The van der Waals surface area contributed by atoms with Crippen molar-refractivity contribution in [3.05, 3.63) is 41.4 Å². The molecule has 1 aliphatic heterocycles. The molecule has 0 aliphatic carbocycles. The molecule has 0 unspecified atom stereocenters. The highest BCUT2D eigenvalue weighted by atomic mass is 79.9. The van der Waals surface area contributed by atoms with Gasteiger partial charge in [0, 0.05) is 23.1 Å². The lowest BCUT2D eigenvalue weighted by molar-refractivity contribution is -0.128. The van der Waals surface area contributed by atoms with Crippen LogP contribution in [0, 0.1) is 0 Å². The number of amides is 3. The van der Waals surface area contributed by atoms with E-state index in [0.29, 0.717) is 5.69 Å². The standard InChI is InChI=1S/C14H13BrN2O3S/c1-2-7-17-13(19)11(21-14(17)20)8-12(18)16-10-5-3-9(15)4-6-10/h2-6,11H,1,7-8H2,(H,16,18)/t11-/m0/s1. The third-order valence-corrected chi connectivity index (χ3v) is 4.42. The Labute approximate surface area is 134 Å². The second-order valence-corrected chi connectivity index (χ2v) is 6.44. The molecule has 21 heavy (non-hydrogen) atoms. The number of carbonyl (C=O) groups excluding carboxylic acids is 3. The second-order valence-electron chi connectivity index (χ2n) is 4.37. The van der Waals surface area contributed by atoms with Gasteiger partial charge in [-0.25, -0.2) is 0 Å². The van der Waals surface area contributed by atoms with Gasteiger partial charge in [-0.2, -0.15) is 0 Å². The van der Waals surface area contributed by atoms with E-state index in [0.717, 1.165) is 21.1 Å². The summed E-state index contributed by atoms with van der Waals surface area (Å²) >= 11 is 4.19. The first-order valence-electron chi connectivity index (χ1n) is 6.19. The lowest BCUT2D eigenvalue weighted by Gasteiger charge is -2.11. The van der Waals surface area contributed by atoms with E-state index in [1.165, 1.54) is 6.08 Å². The summed E-state index contributed by atoms with van der Waals surface area (Å²) in [6, 6.07) is 7.11. The van der Waals surface area contributed by atoms with Gasteiger partial charge in [-0.05, 0) is 24.3 Å². The zero-order chi connectivity index (χ0) is 15.4. The van der Waals surface area contributed by atoms with Crippen LogP contribution in [-0.4, -0.2) is 33.7 Å². The minimum absolute atomic E-state index is 0.0288. The predicted octanol–water partition coefficient (Wildman–Crippen LogP) is 3.03. The maximum atomic E-state index is 12.0. The first-order valence-corrected chi connectivity index (χ1v) is 7.87. The summed E-state index contributed by atoms with van der Waals surface area (Å²) in [7, 11) is 0. The number of thioether (sulfide) groups is 1. The van der Waals surface area contributed by atoms with Gasteiger partial charge >= 0.3 is 0 Å².